The molecule has 1 aromatic heterocycles. The molecule has 1 aliphatic carbocycles. The van der Waals surface area contributed by atoms with Crippen LogP contribution < -0.4 is 27.7 Å². The van der Waals surface area contributed by atoms with Gasteiger partial charge >= 0.3 is 5.69 Å². The van der Waals surface area contributed by atoms with Crippen LogP contribution in [-0.4, -0.2) is 28.9 Å². The van der Waals surface area contributed by atoms with Gasteiger partial charge in [0.2, 0.25) is 0 Å². The first kappa shape index (κ1) is 19.6. The number of aryl methyl sites for hydroxylation is 1. The van der Waals surface area contributed by atoms with E-state index in [0.29, 0.717) is 34.3 Å². The molecule has 29 heavy (non-hydrogen) atoms. The second kappa shape index (κ2) is 7.61. The Morgan fingerprint density at radius 2 is 2.17 bits per heavy atom. The van der Waals surface area contributed by atoms with Gasteiger partial charge in [0.05, 0.1) is 17.0 Å². The molecule has 2 aromatic rings. The molecule has 154 valence electrons. The van der Waals surface area contributed by atoms with Gasteiger partial charge in [0.15, 0.2) is 0 Å². The summed E-state index contributed by atoms with van der Waals surface area (Å²) in [6.07, 6.45) is 2.85. The first-order chi connectivity index (χ1) is 14.0. The van der Waals surface area contributed by atoms with Gasteiger partial charge in [-0.05, 0) is 56.8 Å². The van der Waals surface area contributed by atoms with E-state index in [4.69, 9.17) is 11.1 Å². The Morgan fingerprint density at radius 1 is 1.41 bits per heavy atom. The van der Waals surface area contributed by atoms with Crippen LogP contribution in [0.5, 0.6) is 0 Å². The zero-order valence-electron chi connectivity index (χ0n) is 16.4. The molecule has 4 N–H and O–H groups in total. The maximum absolute atomic E-state index is 15.4. The van der Waals surface area contributed by atoms with Crippen LogP contribution in [-0.2, 0) is 0 Å². The van der Waals surface area contributed by atoms with Crippen molar-refractivity contribution in [3.05, 3.63) is 43.8 Å². The standard InChI is InChI=1S/C20H25FN6O2/c1-11-16(17(25-7-2-6-22)12-5-8-24-10-12)15(21)9-14-18(11)26(13-3-4-13)20(29)27(23)19(14)28/h9,12-13,17,24-25H,2-5,7-8,10,23H2,1H3. The Balaban J connectivity index is 1.95. The molecule has 0 radical (unpaired) electrons. The zero-order chi connectivity index (χ0) is 20.7. The number of halogens is 1. The van der Waals surface area contributed by atoms with Crippen molar-refractivity contribution in [1.82, 2.24) is 19.9 Å². The van der Waals surface area contributed by atoms with Gasteiger partial charge in [0.1, 0.15) is 5.82 Å². The summed E-state index contributed by atoms with van der Waals surface area (Å²) in [6, 6.07) is 2.98. The number of fused-ring (bicyclic) bond motifs is 1. The molecule has 0 bridgehead atoms. The van der Waals surface area contributed by atoms with Crippen LogP contribution in [0.4, 0.5) is 4.39 Å². The molecule has 0 amide bonds. The van der Waals surface area contributed by atoms with Crippen molar-refractivity contribution in [1.29, 1.82) is 5.26 Å². The maximum atomic E-state index is 15.4. The van der Waals surface area contributed by atoms with Gasteiger partial charge in [0, 0.05) is 30.6 Å². The molecule has 2 fully saturated rings. The predicted octanol–water partition coefficient (Wildman–Crippen LogP) is 0.813. The largest absolute Gasteiger partial charge is 0.350 e. The predicted molar refractivity (Wildman–Crippen MR) is 108 cm³/mol. The smallest absolute Gasteiger partial charge is 0.332 e. The van der Waals surface area contributed by atoms with Gasteiger partial charge in [-0.15, -0.1) is 0 Å². The van der Waals surface area contributed by atoms with Crippen LogP contribution in [0.15, 0.2) is 15.7 Å². The average molecular weight is 400 g/mol. The SMILES string of the molecule is Cc1c(C(NCCC#N)C2CCNC2)c(F)cc2c(=O)n(N)c(=O)n(C3CC3)c12. The molecule has 2 aliphatic rings. The van der Waals surface area contributed by atoms with E-state index >= 15 is 4.39 Å². The molecule has 1 aromatic carbocycles. The fourth-order valence-electron chi connectivity index (χ4n) is 4.49. The lowest BCUT2D eigenvalue weighted by atomic mass is 9.88. The molecule has 0 spiro atoms. The topological polar surface area (TPSA) is 118 Å². The second-order valence-corrected chi connectivity index (χ2v) is 7.94. The third-order valence-corrected chi connectivity index (χ3v) is 6.04. The zero-order valence-corrected chi connectivity index (χ0v) is 16.4. The van der Waals surface area contributed by atoms with Crippen molar-refractivity contribution >= 4 is 10.9 Å². The number of hydrogen-bond donors (Lipinski definition) is 3. The molecule has 8 nitrogen and oxygen atoms in total. The van der Waals surface area contributed by atoms with Crippen LogP contribution in [0.3, 0.4) is 0 Å². The lowest BCUT2D eigenvalue weighted by Crippen LogP contribution is -2.45. The van der Waals surface area contributed by atoms with E-state index in [1.54, 1.807) is 11.5 Å². The Bertz CT molecular complexity index is 1110. The highest BCUT2D eigenvalue weighted by molar-refractivity contribution is 5.83. The van der Waals surface area contributed by atoms with Crippen LogP contribution in [0.25, 0.3) is 10.9 Å². The quantitative estimate of drug-likeness (QED) is 0.488. The lowest BCUT2D eigenvalue weighted by molar-refractivity contribution is 0.375. The van der Waals surface area contributed by atoms with E-state index in [0.717, 1.165) is 32.4 Å². The van der Waals surface area contributed by atoms with Crippen molar-refractivity contribution in [2.45, 2.75) is 44.7 Å². The molecular formula is C20H25FN6O2. The maximum Gasteiger partial charge on any atom is 0.350 e. The van der Waals surface area contributed by atoms with Gasteiger partial charge < -0.3 is 16.5 Å². The minimum atomic E-state index is -0.688. The van der Waals surface area contributed by atoms with E-state index < -0.39 is 17.1 Å². The second-order valence-electron chi connectivity index (χ2n) is 7.94. The highest BCUT2D eigenvalue weighted by Crippen LogP contribution is 2.39. The Morgan fingerprint density at radius 3 is 2.79 bits per heavy atom. The molecule has 1 saturated heterocycles. The summed E-state index contributed by atoms with van der Waals surface area (Å²) >= 11 is 0. The molecule has 2 heterocycles. The van der Waals surface area contributed by atoms with Gasteiger partial charge in [-0.2, -0.15) is 9.94 Å². The Hall–Kier alpha value is -2.70. The van der Waals surface area contributed by atoms with E-state index in [2.05, 4.69) is 16.7 Å². The Kier molecular flexibility index (Phi) is 5.15. The lowest BCUT2D eigenvalue weighted by Gasteiger charge is -2.28. The number of nitrogens with one attached hydrogen (secondary N) is 2. The number of rotatable bonds is 6. The summed E-state index contributed by atoms with van der Waals surface area (Å²) < 4.78 is 17.5. The number of nitriles is 1. The van der Waals surface area contributed by atoms with E-state index in [1.807, 2.05) is 0 Å². The number of nitrogen functional groups attached to an aromatic ring is 1. The summed E-state index contributed by atoms with van der Waals surface area (Å²) in [4.78, 5) is 25.3. The van der Waals surface area contributed by atoms with Crippen molar-refractivity contribution < 1.29 is 4.39 Å². The van der Waals surface area contributed by atoms with Gasteiger partial charge in [-0.25, -0.2) is 9.18 Å². The van der Waals surface area contributed by atoms with E-state index in [9.17, 15) is 9.59 Å². The normalized spacial score (nSPS) is 20.1. The first-order valence-corrected chi connectivity index (χ1v) is 10.0. The molecule has 9 heteroatoms. The number of nitrogens with two attached hydrogens (primary N) is 1. The molecule has 4 rings (SSSR count). The number of hydrogen-bond acceptors (Lipinski definition) is 6. The monoisotopic (exact) mass is 400 g/mol. The van der Waals surface area contributed by atoms with Gasteiger partial charge in [-0.1, -0.05) is 0 Å². The summed E-state index contributed by atoms with van der Waals surface area (Å²) in [7, 11) is 0. The fraction of sp³-hybridized carbons (Fsp3) is 0.550. The van der Waals surface area contributed by atoms with Crippen molar-refractivity contribution in [3.63, 3.8) is 0 Å². The summed E-state index contributed by atoms with van der Waals surface area (Å²) in [5.74, 6) is 5.35. The van der Waals surface area contributed by atoms with Crippen LogP contribution >= 0.6 is 0 Å². The number of benzene rings is 1. The van der Waals surface area contributed by atoms with Crippen molar-refractivity contribution in [2.24, 2.45) is 5.92 Å². The minimum Gasteiger partial charge on any atom is -0.332 e. The number of nitrogens with zero attached hydrogens (tertiary/aromatic N) is 3. The van der Waals surface area contributed by atoms with Gasteiger partial charge in [0.25, 0.3) is 5.56 Å². The number of aromatic nitrogens is 2. The highest BCUT2D eigenvalue weighted by atomic mass is 19.1. The minimum absolute atomic E-state index is 0.0180. The molecule has 1 saturated carbocycles. The van der Waals surface area contributed by atoms with E-state index in [-0.39, 0.29) is 23.4 Å². The van der Waals surface area contributed by atoms with Crippen molar-refractivity contribution in [2.75, 3.05) is 25.5 Å². The summed E-state index contributed by atoms with van der Waals surface area (Å²) in [5.41, 5.74) is 0.267. The molecule has 2 unspecified atom stereocenters. The van der Waals surface area contributed by atoms with Crippen LogP contribution in [0, 0.1) is 30.0 Å². The van der Waals surface area contributed by atoms with E-state index in [1.165, 1.54) is 6.07 Å². The highest BCUT2D eigenvalue weighted by Gasteiger charge is 2.33. The Labute approximate surface area is 167 Å². The molecule has 1 aliphatic heterocycles. The van der Waals surface area contributed by atoms with Gasteiger partial charge in [-0.3, -0.25) is 9.36 Å². The molecular weight excluding hydrogens is 375 g/mol. The summed E-state index contributed by atoms with van der Waals surface area (Å²) in [5, 5.41) is 15.7. The third-order valence-electron chi connectivity index (χ3n) is 6.04. The molecule has 2 atom stereocenters. The fourth-order valence-corrected chi connectivity index (χ4v) is 4.49. The van der Waals surface area contributed by atoms with Crippen LogP contribution in [0.2, 0.25) is 0 Å². The third kappa shape index (κ3) is 3.32. The first-order valence-electron chi connectivity index (χ1n) is 10.0. The summed E-state index contributed by atoms with van der Waals surface area (Å²) in [6.45, 7) is 3.79. The van der Waals surface area contributed by atoms with Crippen molar-refractivity contribution in [3.8, 4) is 6.07 Å². The average Bonchev–Trinajstić information content (AvgIpc) is 3.39. The van der Waals surface area contributed by atoms with Crippen LogP contribution in [0.1, 0.15) is 48.9 Å².